The number of benzene rings is 4. The molecule has 43 heavy (non-hydrogen) atoms. The van der Waals surface area contributed by atoms with Gasteiger partial charge in [-0.1, -0.05) is 36.3 Å². The molecule has 0 saturated heterocycles. The summed E-state index contributed by atoms with van der Waals surface area (Å²) in [5.74, 6) is -8.11. The third-order valence-electron chi connectivity index (χ3n) is 5.98. The third kappa shape index (κ3) is 6.08. The zero-order valence-corrected chi connectivity index (χ0v) is 21.0. The van der Waals surface area contributed by atoms with Gasteiger partial charge in [0.1, 0.15) is 34.6 Å². The molecule has 5 aromatic rings. The van der Waals surface area contributed by atoms with Gasteiger partial charge in [-0.25, -0.2) is 31.9 Å². The van der Waals surface area contributed by atoms with Gasteiger partial charge in [0.15, 0.2) is 11.6 Å². The molecule has 1 heterocycles. The van der Waals surface area contributed by atoms with Crippen LogP contribution >= 0.6 is 0 Å². The summed E-state index contributed by atoms with van der Waals surface area (Å²) in [6, 6.07) is 11.0. The van der Waals surface area contributed by atoms with Crippen molar-refractivity contribution in [3.63, 3.8) is 0 Å². The molecule has 0 atom stereocenters. The van der Waals surface area contributed by atoms with Crippen LogP contribution in [0.5, 0.6) is 5.75 Å². The van der Waals surface area contributed by atoms with Crippen molar-refractivity contribution in [1.29, 1.82) is 0 Å². The molecule has 0 saturated carbocycles. The molecule has 13 heteroatoms. The largest absolute Gasteiger partial charge is 0.458 e. The number of alkyl halides is 5. The van der Waals surface area contributed by atoms with Crippen LogP contribution in [-0.4, -0.2) is 16.1 Å². The van der Waals surface area contributed by atoms with E-state index in [4.69, 9.17) is 0 Å². The maximum absolute atomic E-state index is 15.0. The second-order valence-electron chi connectivity index (χ2n) is 8.89. The highest BCUT2D eigenvalue weighted by atomic mass is 19.4. The van der Waals surface area contributed by atoms with Crippen LogP contribution in [0.15, 0.2) is 73.1 Å². The smallest absolute Gasteiger partial charge is 0.429 e. The van der Waals surface area contributed by atoms with E-state index in [1.807, 2.05) is 0 Å². The summed E-state index contributed by atoms with van der Waals surface area (Å²) in [7, 11) is 0. The Morgan fingerprint density at radius 3 is 1.88 bits per heavy atom. The van der Waals surface area contributed by atoms with Gasteiger partial charge in [-0.15, -0.1) is 0 Å². The van der Waals surface area contributed by atoms with E-state index in [1.165, 1.54) is 18.3 Å². The predicted molar refractivity (Wildman–Crippen MR) is 134 cm³/mol. The molecule has 0 amide bonds. The average Bonchev–Trinajstić information content (AvgIpc) is 2.91. The van der Waals surface area contributed by atoms with E-state index in [-0.39, 0.29) is 17.5 Å². The SMILES string of the molecule is Fc1cc2cc(OC(F)(F)c3c(F)cc(-c4ncc(-c5ccccc5)cn4)cc3F)cc(F)c2c(F)c1C#CC(F)(F)F. The quantitative estimate of drug-likeness (QED) is 0.148. The van der Waals surface area contributed by atoms with Crippen LogP contribution in [0.4, 0.5) is 43.9 Å². The lowest BCUT2D eigenvalue weighted by Gasteiger charge is -2.20. The lowest BCUT2D eigenvalue weighted by atomic mass is 10.0. The zero-order valence-electron chi connectivity index (χ0n) is 21.0. The van der Waals surface area contributed by atoms with E-state index in [1.54, 1.807) is 30.3 Å². The van der Waals surface area contributed by atoms with Crippen molar-refractivity contribution >= 4 is 10.8 Å². The summed E-state index contributed by atoms with van der Waals surface area (Å²) in [5, 5.41) is -1.82. The van der Waals surface area contributed by atoms with Gasteiger partial charge < -0.3 is 4.74 Å². The molecular weight excluding hydrogens is 594 g/mol. The molecule has 0 aliphatic heterocycles. The van der Waals surface area contributed by atoms with E-state index in [9.17, 15) is 43.9 Å². The highest BCUT2D eigenvalue weighted by molar-refractivity contribution is 5.87. The summed E-state index contributed by atoms with van der Waals surface area (Å²) in [6.45, 7) is 0. The van der Waals surface area contributed by atoms with Gasteiger partial charge in [-0.2, -0.15) is 22.0 Å². The molecule has 0 spiro atoms. The molecule has 0 N–H and O–H groups in total. The minimum atomic E-state index is -5.11. The Hall–Kier alpha value is -5.12. The number of ether oxygens (including phenoxy) is 1. The third-order valence-corrected chi connectivity index (χ3v) is 5.98. The van der Waals surface area contributed by atoms with E-state index < -0.39 is 69.0 Å². The lowest BCUT2D eigenvalue weighted by Crippen LogP contribution is -2.25. The molecule has 0 aliphatic carbocycles. The summed E-state index contributed by atoms with van der Waals surface area (Å²) < 4.78 is 145. The standard InChI is InChI=1S/C30H12F10N2O/c31-21-9-16-8-19(12-22(32)25(16)27(35)20(21)6-7-29(36,37)38)43-30(39,40)26-23(33)10-17(11-24(26)34)28-41-13-18(14-42-28)15-4-2-1-3-5-15/h1-5,8-14H. The summed E-state index contributed by atoms with van der Waals surface area (Å²) in [6.07, 6.45) is -7.16. The minimum Gasteiger partial charge on any atom is -0.429 e. The maximum Gasteiger partial charge on any atom is 0.458 e. The summed E-state index contributed by atoms with van der Waals surface area (Å²) in [5.41, 5.74) is -2.24. The van der Waals surface area contributed by atoms with Crippen LogP contribution in [0, 0.1) is 40.9 Å². The molecule has 3 nitrogen and oxygen atoms in total. The maximum atomic E-state index is 15.0. The first-order chi connectivity index (χ1) is 20.2. The topological polar surface area (TPSA) is 35.0 Å². The Morgan fingerprint density at radius 1 is 0.651 bits per heavy atom. The normalized spacial score (nSPS) is 11.8. The Labute approximate surface area is 235 Å². The summed E-state index contributed by atoms with van der Waals surface area (Å²) in [4.78, 5) is 8.04. The van der Waals surface area contributed by atoms with E-state index >= 15 is 0 Å². The summed E-state index contributed by atoms with van der Waals surface area (Å²) >= 11 is 0. The van der Waals surface area contributed by atoms with E-state index in [2.05, 4.69) is 14.7 Å². The van der Waals surface area contributed by atoms with Gasteiger partial charge in [0, 0.05) is 35.5 Å². The minimum absolute atomic E-state index is 0.185. The van der Waals surface area contributed by atoms with E-state index in [0.29, 0.717) is 35.7 Å². The van der Waals surface area contributed by atoms with Gasteiger partial charge in [-0.3, -0.25) is 0 Å². The van der Waals surface area contributed by atoms with Crippen LogP contribution in [0.2, 0.25) is 0 Å². The first-order valence-electron chi connectivity index (χ1n) is 11.9. The van der Waals surface area contributed by atoms with Crippen molar-refractivity contribution in [1.82, 2.24) is 9.97 Å². The number of hydrogen-bond acceptors (Lipinski definition) is 3. The van der Waals surface area contributed by atoms with Crippen molar-refractivity contribution in [2.24, 2.45) is 0 Å². The predicted octanol–water partition coefficient (Wildman–Crippen LogP) is 8.70. The fourth-order valence-corrected chi connectivity index (χ4v) is 4.13. The molecule has 0 radical (unpaired) electrons. The number of hydrogen-bond donors (Lipinski definition) is 0. The van der Waals surface area contributed by atoms with Crippen LogP contribution in [0.1, 0.15) is 11.1 Å². The second-order valence-corrected chi connectivity index (χ2v) is 8.89. The molecule has 0 bridgehead atoms. The monoisotopic (exact) mass is 606 g/mol. The van der Waals surface area contributed by atoms with Crippen molar-refractivity contribution < 1.29 is 48.6 Å². The molecule has 4 aromatic carbocycles. The van der Waals surface area contributed by atoms with Gasteiger partial charge in [0.2, 0.25) is 0 Å². The molecule has 1 aromatic heterocycles. The Balaban J connectivity index is 1.46. The fourth-order valence-electron chi connectivity index (χ4n) is 4.13. The van der Waals surface area contributed by atoms with Gasteiger partial charge in [-0.05, 0) is 35.2 Å². The molecule has 0 unspecified atom stereocenters. The van der Waals surface area contributed by atoms with Gasteiger partial charge in [0.25, 0.3) is 0 Å². The second kappa shape index (κ2) is 10.9. The zero-order chi connectivity index (χ0) is 31.1. The number of aromatic nitrogens is 2. The first kappa shape index (κ1) is 29.4. The van der Waals surface area contributed by atoms with Crippen molar-refractivity contribution in [2.75, 3.05) is 0 Å². The van der Waals surface area contributed by atoms with Crippen molar-refractivity contribution in [2.45, 2.75) is 12.3 Å². The number of rotatable bonds is 5. The lowest BCUT2D eigenvalue weighted by molar-refractivity contribution is -0.189. The van der Waals surface area contributed by atoms with Crippen LogP contribution < -0.4 is 4.74 Å². The van der Waals surface area contributed by atoms with E-state index in [0.717, 1.165) is 5.56 Å². The number of halogens is 10. The van der Waals surface area contributed by atoms with Crippen molar-refractivity contribution in [3.05, 3.63) is 113 Å². The Bertz CT molecular complexity index is 1890. The van der Waals surface area contributed by atoms with Crippen LogP contribution in [0.25, 0.3) is 33.3 Å². The molecular formula is C30H12F10N2O. The first-order valence-corrected chi connectivity index (χ1v) is 11.9. The molecule has 0 fully saturated rings. The van der Waals surface area contributed by atoms with Crippen molar-refractivity contribution in [3.8, 4) is 40.1 Å². The highest BCUT2D eigenvalue weighted by Gasteiger charge is 2.41. The van der Waals surface area contributed by atoms with Gasteiger partial charge in [0.05, 0.1) is 10.9 Å². The highest BCUT2D eigenvalue weighted by Crippen LogP contribution is 2.39. The van der Waals surface area contributed by atoms with Crippen LogP contribution in [-0.2, 0) is 6.11 Å². The Morgan fingerprint density at radius 2 is 1.28 bits per heavy atom. The Kier molecular flexibility index (Phi) is 7.47. The average molecular weight is 606 g/mol. The fraction of sp³-hybridized carbons (Fsp3) is 0.0667. The number of nitrogens with zero attached hydrogens (tertiary/aromatic N) is 2. The number of fused-ring (bicyclic) bond motifs is 1. The molecule has 218 valence electrons. The van der Waals surface area contributed by atoms with Gasteiger partial charge >= 0.3 is 12.3 Å². The van der Waals surface area contributed by atoms with Crippen LogP contribution in [0.3, 0.4) is 0 Å². The molecule has 0 aliphatic rings. The molecule has 5 rings (SSSR count).